The molecule has 1 aromatic heterocycles. The van der Waals surface area contributed by atoms with Crippen molar-refractivity contribution in [2.45, 2.75) is 13.0 Å². The third-order valence-electron chi connectivity index (χ3n) is 1.52. The highest BCUT2D eigenvalue weighted by atomic mass is 79.9. The number of pyridine rings is 1. The normalized spacial score (nSPS) is 10.8. The van der Waals surface area contributed by atoms with Gasteiger partial charge < -0.3 is 10.7 Å². The Morgan fingerprint density at radius 1 is 1.62 bits per heavy atom. The molecule has 0 saturated carbocycles. The molecule has 0 radical (unpaired) electrons. The number of hydrogen-bond donors (Lipinski definition) is 2. The summed E-state index contributed by atoms with van der Waals surface area (Å²) in [6.45, 7) is 0.0459. The molecule has 3 N–H and O–H groups in total. The molecule has 0 atom stereocenters. The molecule has 13 heavy (non-hydrogen) atoms. The molecule has 0 bridgehead atoms. The number of aromatic nitrogens is 1. The Morgan fingerprint density at radius 2 is 2.23 bits per heavy atom. The molecule has 1 aromatic rings. The first-order chi connectivity index (χ1) is 6.06. The molecule has 1 heterocycles. The zero-order valence-electron chi connectivity index (χ0n) is 6.48. The monoisotopic (exact) mass is 252 g/mol. The zero-order chi connectivity index (χ0) is 10.0. The van der Waals surface area contributed by atoms with Gasteiger partial charge in [-0.3, -0.25) is 4.79 Å². The average molecular weight is 253 g/mol. The van der Waals surface area contributed by atoms with Crippen LogP contribution in [0, 0.1) is 0 Å². The molecule has 0 amide bonds. The minimum Gasteiger partial charge on any atom is -0.326 e. The van der Waals surface area contributed by atoms with Crippen molar-refractivity contribution in [2.75, 3.05) is 0 Å². The molecule has 0 spiro atoms. The van der Waals surface area contributed by atoms with Crippen LogP contribution >= 0.6 is 15.9 Å². The first kappa shape index (κ1) is 10.3. The Kier molecular flexibility index (Phi) is 3.16. The topological polar surface area (TPSA) is 58.9 Å². The number of alkyl halides is 2. The smallest absolute Gasteiger partial charge is 0.279 e. The molecular formula is C7H7BrF2N2O. The van der Waals surface area contributed by atoms with E-state index in [2.05, 4.69) is 15.9 Å². The first-order valence-corrected chi connectivity index (χ1v) is 4.25. The van der Waals surface area contributed by atoms with Crippen molar-refractivity contribution in [1.82, 2.24) is 4.98 Å². The van der Waals surface area contributed by atoms with Gasteiger partial charge in [-0.15, -0.1) is 0 Å². The maximum atomic E-state index is 12.3. The number of nitrogens with one attached hydrogen (secondary N) is 1. The predicted octanol–water partition coefficient (Wildman–Crippen LogP) is 1.53. The van der Waals surface area contributed by atoms with Crippen LogP contribution < -0.4 is 11.3 Å². The van der Waals surface area contributed by atoms with Crippen molar-refractivity contribution in [1.29, 1.82) is 0 Å². The van der Waals surface area contributed by atoms with E-state index in [9.17, 15) is 13.6 Å². The standard InChI is InChI=1S/C7H7BrF2N2O/c8-5-3(2-11)1-4(13)12-6(5)7(9)10/h1,7H,2,11H2,(H,12,13). The van der Waals surface area contributed by atoms with Crippen LogP contribution in [0.5, 0.6) is 0 Å². The summed E-state index contributed by atoms with van der Waals surface area (Å²) < 4.78 is 24.7. The molecule has 0 aliphatic carbocycles. The van der Waals surface area contributed by atoms with Crippen LogP contribution in [0.4, 0.5) is 8.78 Å². The lowest BCUT2D eigenvalue weighted by molar-refractivity contribution is 0.144. The molecule has 0 fully saturated rings. The quantitative estimate of drug-likeness (QED) is 0.839. The second-order valence-corrected chi connectivity index (χ2v) is 3.18. The van der Waals surface area contributed by atoms with Gasteiger partial charge in [-0.2, -0.15) is 0 Å². The lowest BCUT2D eigenvalue weighted by Gasteiger charge is -2.06. The van der Waals surface area contributed by atoms with Gasteiger partial charge in [-0.05, 0) is 21.5 Å². The molecule has 0 aliphatic heterocycles. The van der Waals surface area contributed by atoms with Gasteiger partial charge in [-0.25, -0.2) is 8.78 Å². The Bertz CT molecular complexity index is 364. The summed E-state index contributed by atoms with van der Waals surface area (Å²) in [6.07, 6.45) is -2.71. The Labute approximate surface area is 81.1 Å². The number of aromatic amines is 1. The fraction of sp³-hybridized carbons (Fsp3) is 0.286. The number of rotatable bonds is 2. The van der Waals surface area contributed by atoms with Crippen LogP contribution in [0.15, 0.2) is 15.3 Å². The average Bonchev–Trinajstić information content (AvgIpc) is 2.08. The van der Waals surface area contributed by atoms with Gasteiger partial charge in [0, 0.05) is 17.1 Å². The summed E-state index contributed by atoms with van der Waals surface area (Å²) in [5.74, 6) is 0. The van der Waals surface area contributed by atoms with Gasteiger partial charge in [-0.1, -0.05) is 0 Å². The molecule has 3 nitrogen and oxygen atoms in total. The number of H-pyrrole nitrogens is 1. The molecule has 0 saturated heterocycles. The first-order valence-electron chi connectivity index (χ1n) is 3.46. The molecular weight excluding hydrogens is 246 g/mol. The summed E-state index contributed by atoms with van der Waals surface area (Å²) in [5.41, 5.74) is 4.64. The van der Waals surface area contributed by atoms with E-state index in [1.54, 1.807) is 0 Å². The van der Waals surface area contributed by atoms with E-state index in [1.165, 1.54) is 6.07 Å². The Balaban J connectivity index is 3.36. The van der Waals surface area contributed by atoms with E-state index in [4.69, 9.17) is 5.73 Å². The lowest BCUT2D eigenvalue weighted by atomic mass is 10.2. The summed E-state index contributed by atoms with van der Waals surface area (Å²) in [4.78, 5) is 12.9. The van der Waals surface area contributed by atoms with Gasteiger partial charge in [0.05, 0.1) is 5.69 Å². The summed E-state index contributed by atoms with van der Waals surface area (Å²) in [5, 5.41) is 0. The van der Waals surface area contributed by atoms with Crippen LogP contribution in [0.3, 0.4) is 0 Å². The van der Waals surface area contributed by atoms with Crippen LogP contribution in [-0.2, 0) is 6.54 Å². The van der Waals surface area contributed by atoms with Gasteiger partial charge in [0.15, 0.2) is 0 Å². The van der Waals surface area contributed by atoms with E-state index in [0.29, 0.717) is 5.56 Å². The third-order valence-corrected chi connectivity index (χ3v) is 2.46. The zero-order valence-corrected chi connectivity index (χ0v) is 8.07. The van der Waals surface area contributed by atoms with Crippen molar-refractivity contribution in [2.24, 2.45) is 5.73 Å². The van der Waals surface area contributed by atoms with Crippen molar-refractivity contribution in [3.63, 3.8) is 0 Å². The van der Waals surface area contributed by atoms with Gasteiger partial charge in [0.25, 0.3) is 6.43 Å². The second kappa shape index (κ2) is 3.97. The van der Waals surface area contributed by atoms with E-state index in [0.717, 1.165) is 0 Å². The highest BCUT2D eigenvalue weighted by Crippen LogP contribution is 2.26. The maximum Gasteiger partial charge on any atom is 0.279 e. The van der Waals surface area contributed by atoms with Gasteiger partial charge >= 0.3 is 0 Å². The van der Waals surface area contributed by atoms with Gasteiger partial charge in [0.1, 0.15) is 0 Å². The fourth-order valence-corrected chi connectivity index (χ4v) is 1.47. The van der Waals surface area contributed by atoms with Crippen LogP contribution in [0.2, 0.25) is 0 Å². The molecule has 0 aliphatic rings. The predicted molar refractivity (Wildman–Crippen MR) is 47.6 cm³/mol. The highest BCUT2D eigenvalue weighted by Gasteiger charge is 2.15. The molecule has 0 aromatic carbocycles. The Morgan fingerprint density at radius 3 is 2.69 bits per heavy atom. The van der Waals surface area contributed by atoms with Crippen LogP contribution in [0.1, 0.15) is 17.7 Å². The van der Waals surface area contributed by atoms with E-state index >= 15 is 0 Å². The summed E-state index contributed by atoms with van der Waals surface area (Å²) in [6, 6.07) is 1.19. The number of nitrogens with two attached hydrogens (primary N) is 1. The van der Waals surface area contributed by atoms with Crippen molar-refractivity contribution >= 4 is 15.9 Å². The Hall–Kier alpha value is -0.750. The molecule has 1 rings (SSSR count). The largest absolute Gasteiger partial charge is 0.326 e. The van der Waals surface area contributed by atoms with Crippen molar-refractivity contribution in [3.05, 3.63) is 32.2 Å². The fourth-order valence-electron chi connectivity index (χ4n) is 0.917. The summed E-state index contributed by atoms with van der Waals surface area (Å²) >= 11 is 2.95. The van der Waals surface area contributed by atoms with Crippen LogP contribution in [-0.4, -0.2) is 4.98 Å². The summed E-state index contributed by atoms with van der Waals surface area (Å²) in [7, 11) is 0. The molecule has 6 heteroatoms. The van der Waals surface area contributed by atoms with E-state index < -0.39 is 17.7 Å². The van der Waals surface area contributed by atoms with Crippen molar-refractivity contribution < 1.29 is 8.78 Å². The minimum absolute atomic E-state index is 0.0459. The van der Waals surface area contributed by atoms with E-state index in [-0.39, 0.29) is 11.0 Å². The second-order valence-electron chi connectivity index (χ2n) is 2.39. The minimum atomic E-state index is -2.71. The SMILES string of the molecule is NCc1cc(=O)[nH]c(C(F)F)c1Br. The highest BCUT2D eigenvalue weighted by molar-refractivity contribution is 9.10. The number of hydrogen-bond acceptors (Lipinski definition) is 2. The van der Waals surface area contributed by atoms with Gasteiger partial charge in [0.2, 0.25) is 5.56 Å². The maximum absolute atomic E-state index is 12.3. The molecule has 72 valence electrons. The van der Waals surface area contributed by atoms with Crippen molar-refractivity contribution in [3.8, 4) is 0 Å². The molecule has 0 unspecified atom stereocenters. The third kappa shape index (κ3) is 2.13. The lowest BCUT2D eigenvalue weighted by Crippen LogP contribution is -2.13. The number of halogens is 3. The van der Waals surface area contributed by atoms with E-state index in [1.807, 2.05) is 4.98 Å². The van der Waals surface area contributed by atoms with Crippen LogP contribution in [0.25, 0.3) is 0 Å².